The molecule has 17 heavy (non-hydrogen) atoms. The van der Waals surface area contributed by atoms with E-state index in [2.05, 4.69) is 5.32 Å². The van der Waals surface area contributed by atoms with Crippen LogP contribution in [0.15, 0.2) is 30.3 Å². The van der Waals surface area contributed by atoms with Crippen LogP contribution in [0, 0.1) is 0 Å². The molecule has 0 radical (unpaired) electrons. The van der Waals surface area contributed by atoms with Crippen molar-refractivity contribution in [1.29, 1.82) is 0 Å². The van der Waals surface area contributed by atoms with E-state index in [1.165, 1.54) is 0 Å². The summed E-state index contributed by atoms with van der Waals surface area (Å²) in [6.07, 6.45) is 0.898. The normalized spacial score (nSPS) is 16.4. The van der Waals surface area contributed by atoms with Crippen LogP contribution in [0.1, 0.15) is 31.6 Å². The predicted octanol–water partition coefficient (Wildman–Crippen LogP) is 2.91. The topological polar surface area (TPSA) is 58.6 Å². The molecule has 0 heterocycles. The monoisotopic (exact) mass is 257 g/mol. The molecule has 0 aliphatic carbocycles. The first kappa shape index (κ1) is 14.4. The molecule has 0 bridgehead atoms. The van der Waals surface area contributed by atoms with Gasteiger partial charge < -0.3 is 9.42 Å². The van der Waals surface area contributed by atoms with Crippen LogP contribution in [0.4, 0.5) is 0 Å². The Morgan fingerprint density at radius 1 is 1.35 bits per heavy atom. The van der Waals surface area contributed by atoms with Crippen LogP contribution in [0.25, 0.3) is 0 Å². The molecule has 2 N–H and O–H groups in total. The lowest BCUT2D eigenvalue weighted by Gasteiger charge is -2.23. The molecule has 2 unspecified atom stereocenters. The van der Waals surface area contributed by atoms with Crippen LogP contribution in [0.2, 0.25) is 0 Å². The highest BCUT2D eigenvalue weighted by Gasteiger charge is 2.32. The lowest BCUT2D eigenvalue weighted by Crippen LogP contribution is -2.23. The van der Waals surface area contributed by atoms with Gasteiger partial charge in [-0.2, -0.15) is 0 Å². The van der Waals surface area contributed by atoms with Gasteiger partial charge in [-0.15, -0.1) is 0 Å². The minimum absolute atomic E-state index is 0.227. The van der Waals surface area contributed by atoms with Crippen molar-refractivity contribution in [3.8, 4) is 0 Å². The molecule has 0 spiro atoms. The first-order chi connectivity index (χ1) is 8.11. The summed E-state index contributed by atoms with van der Waals surface area (Å²) in [6.45, 7) is 4.63. The Morgan fingerprint density at radius 3 is 2.53 bits per heavy atom. The standard InChI is InChI=1S/C12H20NO3P/c1-3-10-13-12(17(14,15)16-4-2)11-8-6-5-7-9-11/h5-9,12-13H,3-4,10H2,1-2H3,(H,14,15). The number of nitrogens with one attached hydrogen (secondary N) is 1. The van der Waals surface area contributed by atoms with Crippen molar-refractivity contribution in [1.82, 2.24) is 5.32 Å². The third kappa shape index (κ3) is 4.25. The summed E-state index contributed by atoms with van der Waals surface area (Å²) in [4.78, 5) is 9.93. The van der Waals surface area contributed by atoms with Gasteiger partial charge in [0.25, 0.3) is 0 Å². The summed E-state index contributed by atoms with van der Waals surface area (Å²) >= 11 is 0. The third-order valence-electron chi connectivity index (χ3n) is 2.34. The van der Waals surface area contributed by atoms with E-state index < -0.39 is 13.4 Å². The molecular weight excluding hydrogens is 237 g/mol. The number of hydrogen-bond acceptors (Lipinski definition) is 3. The van der Waals surface area contributed by atoms with E-state index in [9.17, 15) is 9.46 Å². The number of hydrogen-bond donors (Lipinski definition) is 2. The quantitative estimate of drug-likeness (QED) is 0.737. The largest absolute Gasteiger partial charge is 0.349 e. The van der Waals surface area contributed by atoms with Gasteiger partial charge in [0.2, 0.25) is 0 Å². The number of benzene rings is 1. The molecular formula is C12H20NO3P. The molecule has 1 aromatic carbocycles. The smallest absolute Gasteiger partial charge is 0.323 e. The summed E-state index contributed by atoms with van der Waals surface area (Å²) in [7, 11) is -3.67. The van der Waals surface area contributed by atoms with Crippen LogP contribution in [0.5, 0.6) is 0 Å². The highest BCUT2D eigenvalue weighted by atomic mass is 31.2. The SMILES string of the molecule is CCCNC(c1ccccc1)P(=O)(O)OCC. The maximum Gasteiger partial charge on any atom is 0.349 e. The van der Waals surface area contributed by atoms with E-state index in [1.54, 1.807) is 6.92 Å². The van der Waals surface area contributed by atoms with E-state index in [4.69, 9.17) is 4.52 Å². The van der Waals surface area contributed by atoms with Gasteiger partial charge in [0, 0.05) is 0 Å². The van der Waals surface area contributed by atoms with Crippen molar-refractivity contribution in [2.75, 3.05) is 13.2 Å². The summed E-state index contributed by atoms with van der Waals surface area (Å²) in [5.41, 5.74) is 0.778. The van der Waals surface area contributed by atoms with E-state index >= 15 is 0 Å². The Kier molecular flexibility index (Phi) is 5.86. The third-order valence-corrected chi connectivity index (χ3v) is 4.10. The molecule has 96 valence electrons. The van der Waals surface area contributed by atoms with Gasteiger partial charge in [-0.25, -0.2) is 0 Å². The zero-order valence-electron chi connectivity index (χ0n) is 10.3. The van der Waals surface area contributed by atoms with Crippen LogP contribution < -0.4 is 5.32 Å². The van der Waals surface area contributed by atoms with E-state index in [-0.39, 0.29) is 6.61 Å². The zero-order valence-corrected chi connectivity index (χ0v) is 11.2. The predicted molar refractivity (Wildman–Crippen MR) is 68.9 cm³/mol. The van der Waals surface area contributed by atoms with E-state index in [0.29, 0.717) is 6.54 Å². The van der Waals surface area contributed by atoms with Crippen LogP contribution in [-0.2, 0) is 9.09 Å². The van der Waals surface area contributed by atoms with Crippen molar-refractivity contribution < 1.29 is 14.0 Å². The molecule has 0 fully saturated rings. The minimum Gasteiger partial charge on any atom is -0.323 e. The Morgan fingerprint density at radius 2 is 2.00 bits per heavy atom. The lowest BCUT2D eigenvalue weighted by atomic mass is 10.2. The van der Waals surface area contributed by atoms with E-state index in [1.807, 2.05) is 37.3 Å². The fraction of sp³-hybridized carbons (Fsp3) is 0.500. The molecule has 2 atom stereocenters. The van der Waals surface area contributed by atoms with Gasteiger partial charge >= 0.3 is 7.60 Å². The molecule has 1 rings (SSSR count). The zero-order chi connectivity index (χ0) is 12.7. The van der Waals surface area contributed by atoms with Crippen LogP contribution in [0.3, 0.4) is 0 Å². The lowest BCUT2D eigenvalue weighted by molar-refractivity contribution is 0.258. The van der Waals surface area contributed by atoms with Crippen molar-refractivity contribution in [2.24, 2.45) is 0 Å². The van der Waals surface area contributed by atoms with Crippen molar-refractivity contribution in [3.63, 3.8) is 0 Å². The summed E-state index contributed by atoms with van der Waals surface area (Å²) in [5, 5.41) is 3.07. The fourth-order valence-corrected chi connectivity index (χ4v) is 3.03. The molecule has 4 nitrogen and oxygen atoms in total. The highest BCUT2D eigenvalue weighted by molar-refractivity contribution is 7.53. The number of rotatable bonds is 7. The van der Waals surface area contributed by atoms with Gasteiger partial charge in [0.15, 0.2) is 0 Å². The second-order valence-electron chi connectivity index (χ2n) is 3.75. The average Bonchev–Trinajstić information content (AvgIpc) is 2.30. The van der Waals surface area contributed by atoms with Gasteiger partial charge in [0.05, 0.1) is 6.61 Å². The molecule has 0 aliphatic heterocycles. The van der Waals surface area contributed by atoms with Gasteiger partial charge in [-0.1, -0.05) is 37.3 Å². The average molecular weight is 257 g/mol. The maximum absolute atomic E-state index is 12.1. The second-order valence-corrected chi connectivity index (χ2v) is 5.65. The Hall–Kier alpha value is -0.670. The van der Waals surface area contributed by atoms with Crippen molar-refractivity contribution >= 4 is 7.60 Å². The van der Waals surface area contributed by atoms with Crippen LogP contribution >= 0.6 is 7.60 Å². The maximum atomic E-state index is 12.1. The van der Waals surface area contributed by atoms with Gasteiger partial charge in [0.1, 0.15) is 5.78 Å². The summed E-state index contributed by atoms with van der Waals surface area (Å²) in [5.74, 6) is -0.649. The molecule has 1 aromatic rings. The van der Waals surface area contributed by atoms with Crippen molar-refractivity contribution in [2.45, 2.75) is 26.1 Å². The molecule has 0 aliphatic rings. The Bertz CT molecular complexity index is 369. The molecule has 5 heteroatoms. The van der Waals surface area contributed by atoms with Gasteiger partial charge in [-0.05, 0) is 25.5 Å². The van der Waals surface area contributed by atoms with Crippen LogP contribution in [-0.4, -0.2) is 18.0 Å². The molecule has 0 aromatic heterocycles. The molecule has 0 saturated heterocycles. The van der Waals surface area contributed by atoms with Crippen molar-refractivity contribution in [3.05, 3.63) is 35.9 Å². The Labute approximate surface area is 103 Å². The fourth-order valence-electron chi connectivity index (χ4n) is 1.60. The Balaban J connectivity index is 2.91. The summed E-state index contributed by atoms with van der Waals surface area (Å²) < 4.78 is 17.1. The van der Waals surface area contributed by atoms with E-state index in [0.717, 1.165) is 12.0 Å². The summed E-state index contributed by atoms with van der Waals surface area (Å²) in [6, 6.07) is 9.23. The first-order valence-corrected chi connectivity index (χ1v) is 7.51. The van der Waals surface area contributed by atoms with Gasteiger partial charge in [-0.3, -0.25) is 9.88 Å². The minimum atomic E-state index is -3.67. The second kappa shape index (κ2) is 6.92. The highest BCUT2D eigenvalue weighted by Crippen LogP contribution is 2.54. The molecule has 0 amide bonds. The molecule has 0 saturated carbocycles. The first-order valence-electron chi connectivity index (χ1n) is 5.87.